The molecule has 5 heteroatoms. The minimum atomic E-state index is -0.918. The van der Waals surface area contributed by atoms with Crippen molar-refractivity contribution in [1.29, 1.82) is 0 Å². The van der Waals surface area contributed by atoms with Gasteiger partial charge in [0.1, 0.15) is 0 Å². The van der Waals surface area contributed by atoms with E-state index < -0.39 is 17.8 Å². The van der Waals surface area contributed by atoms with Crippen LogP contribution < -0.4 is 5.32 Å². The van der Waals surface area contributed by atoms with E-state index in [2.05, 4.69) is 17.1 Å². The van der Waals surface area contributed by atoms with Crippen LogP contribution in [0.25, 0.3) is 0 Å². The van der Waals surface area contributed by atoms with Crippen LogP contribution in [0.1, 0.15) is 33.6 Å². The summed E-state index contributed by atoms with van der Waals surface area (Å²) in [5.74, 6) is -1.65. The van der Waals surface area contributed by atoms with Crippen LogP contribution in [0.3, 0.4) is 0 Å². The van der Waals surface area contributed by atoms with Crippen LogP contribution in [0.5, 0.6) is 0 Å². The third-order valence-electron chi connectivity index (χ3n) is 4.27. The van der Waals surface area contributed by atoms with Crippen molar-refractivity contribution in [1.82, 2.24) is 10.2 Å². The number of nitrogens with zero attached hydrogens (tertiary/aromatic N) is 1. The van der Waals surface area contributed by atoms with Gasteiger partial charge in [-0.15, -0.1) is 0 Å². The van der Waals surface area contributed by atoms with E-state index in [0.29, 0.717) is 12.5 Å². The van der Waals surface area contributed by atoms with Crippen molar-refractivity contribution in [3.8, 4) is 0 Å². The van der Waals surface area contributed by atoms with Gasteiger partial charge in [0.05, 0.1) is 5.92 Å². The van der Waals surface area contributed by atoms with Crippen LogP contribution >= 0.6 is 0 Å². The van der Waals surface area contributed by atoms with Gasteiger partial charge in [-0.05, 0) is 38.4 Å². The number of aliphatic carboxylic acids is 1. The molecule has 5 nitrogen and oxygen atoms in total. The zero-order chi connectivity index (χ0) is 14.4. The van der Waals surface area contributed by atoms with E-state index in [1.54, 1.807) is 13.8 Å². The molecular formula is C14H26N2O3. The van der Waals surface area contributed by atoms with Crippen molar-refractivity contribution >= 4 is 11.9 Å². The second kappa shape index (κ2) is 7.48. The van der Waals surface area contributed by atoms with Gasteiger partial charge in [-0.25, -0.2) is 0 Å². The van der Waals surface area contributed by atoms with E-state index in [-0.39, 0.29) is 5.91 Å². The van der Waals surface area contributed by atoms with Crippen LogP contribution in [-0.2, 0) is 9.59 Å². The molecular weight excluding hydrogens is 244 g/mol. The summed E-state index contributed by atoms with van der Waals surface area (Å²) >= 11 is 0. The monoisotopic (exact) mass is 270 g/mol. The average molecular weight is 270 g/mol. The highest BCUT2D eigenvalue weighted by Gasteiger charge is 2.26. The Balaban J connectivity index is 2.29. The molecule has 2 N–H and O–H groups in total. The molecule has 1 rings (SSSR count). The van der Waals surface area contributed by atoms with E-state index >= 15 is 0 Å². The minimum absolute atomic E-state index is 0.146. The van der Waals surface area contributed by atoms with Crippen LogP contribution in [0.4, 0.5) is 0 Å². The number of carbonyl (C=O) groups excluding carboxylic acids is 1. The summed E-state index contributed by atoms with van der Waals surface area (Å²) in [7, 11) is 0. The number of rotatable bonds is 6. The highest BCUT2D eigenvalue weighted by molar-refractivity contribution is 5.84. The average Bonchev–Trinajstić information content (AvgIpc) is 2.43. The Labute approximate surface area is 115 Å². The normalized spacial score (nSPS) is 20.8. The summed E-state index contributed by atoms with van der Waals surface area (Å²) in [5, 5.41) is 11.8. The summed E-state index contributed by atoms with van der Waals surface area (Å²) in [4.78, 5) is 25.1. The van der Waals surface area contributed by atoms with Crippen molar-refractivity contribution in [2.24, 2.45) is 17.8 Å². The molecule has 1 fully saturated rings. The fraction of sp³-hybridized carbons (Fsp3) is 0.857. The molecule has 0 aromatic heterocycles. The van der Waals surface area contributed by atoms with Crippen LogP contribution in [0, 0.1) is 17.8 Å². The Morgan fingerprint density at radius 3 is 2.32 bits per heavy atom. The zero-order valence-corrected chi connectivity index (χ0v) is 12.2. The second-order valence-corrected chi connectivity index (χ2v) is 5.54. The molecule has 0 radical (unpaired) electrons. The van der Waals surface area contributed by atoms with Gasteiger partial charge < -0.3 is 15.3 Å². The van der Waals surface area contributed by atoms with Gasteiger partial charge in [-0.1, -0.05) is 20.8 Å². The first-order valence-corrected chi connectivity index (χ1v) is 7.18. The molecule has 2 atom stereocenters. The summed E-state index contributed by atoms with van der Waals surface area (Å²) in [5.41, 5.74) is 0. The quantitative estimate of drug-likeness (QED) is 0.760. The molecule has 2 unspecified atom stereocenters. The smallest absolute Gasteiger partial charge is 0.307 e. The molecule has 0 saturated carbocycles. The van der Waals surface area contributed by atoms with Crippen LogP contribution in [-0.4, -0.2) is 48.1 Å². The first-order valence-electron chi connectivity index (χ1n) is 7.18. The van der Waals surface area contributed by atoms with Crippen molar-refractivity contribution in [2.75, 3.05) is 26.2 Å². The molecule has 0 spiro atoms. The van der Waals surface area contributed by atoms with Crippen molar-refractivity contribution in [2.45, 2.75) is 33.6 Å². The Morgan fingerprint density at radius 1 is 1.26 bits per heavy atom. The van der Waals surface area contributed by atoms with E-state index in [4.69, 9.17) is 5.11 Å². The van der Waals surface area contributed by atoms with E-state index in [1.165, 1.54) is 0 Å². The summed E-state index contributed by atoms with van der Waals surface area (Å²) in [6, 6.07) is 0. The molecule has 1 saturated heterocycles. The van der Waals surface area contributed by atoms with Gasteiger partial charge in [-0.2, -0.15) is 0 Å². The van der Waals surface area contributed by atoms with E-state index in [9.17, 15) is 9.59 Å². The topological polar surface area (TPSA) is 69.6 Å². The molecule has 1 aliphatic heterocycles. The Morgan fingerprint density at radius 2 is 1.84 bits per heavy atom. The van der Waals surface area contributed by atoms with Gasteiger partial charge in [0.15, 0.2) is 0 Å². The maximum atomic E-state index is 11.9. The number of carboxylic acid groups (broad SMARTS) is 1. The third-order valence-corrected chi connectivity index (χ3v) is 4.27. The minimum Gasteiger partial charge on any atom is -0.481 e. The van der Waals surface area contributed by atoms with E-state index in [0.717, 1.165) is 32.5 Å². The summed E-state index contributed by atoms with van der Waals surface area (Å²) < 4.78 is 0. The van der Waals surface area contributed by atoms with Gasteiger partial charge in [0.25, 0.3) is 0 Å². The van der Waals surface area contributed by atoms with Crippen molar-refractivity contribution in [3.63, 3.8) is 0 Å². The first kappa shape index (κ1) is 16.0. The molecule has 1 aliphatic rings. The lowest BCUT2D eigenvalue weighted by Crippen LogP contribution is -2.41. The SMILES string of the molecule is CCN1CCC(CNC(=O)C(C)C(C)C(=O)O)CC1. The van der Waals surface area contributed by atoms with Gasteiger partial charge in [0.2, 0.25) is 5.91 Å². The molecule has 1 amide bonds. The molecule has 110 valence electrons. The fourth-order valence-corrected chi connectivity index (χ4v) is 2.35. The Bertz CT molecular complexity index is 312. The number of hydrogen-bond donors (Lipinski definition) is 2. The highest BCUT2D eigenvalue weighted by Crippen LogP contribution is 2.17. The molecule has 0 bridgehead atoms. The lowest BCUT2D eigenvalue weighted by atomic mass is 9.93. The number of carbonyl (C=O) groups is 2. The number of amides is 1. The maximum absolute atomic E-state index is 11.9. The Hall–Kier alpha value is -1.10. The predicted octanol–water partition coefficient (Wildman–Crippen LogP) is 1.19. The number of likely N-dealkylation sites (tertiary alicyclic amines) is 1. The number of carboxylic acids is 1. The fourth-order valence-electron chi connectivity index (χ4n) is 2.35. The summed E-state index contributed by atoms with van der Waals surface area (Å²) in [6.45, 7) is 9.37. The van der Waals surface area contributed by atoms with E-state index in [1.807, 2.05) is 0 Å². The lowest BCUT2D eigenvalue weighted by Gasteiger charge is -2.31. The maximum Gasteiger partial charge on any atom is 0.307 e. The standard InChI is InChI=1S/C14H26N2O3/c1-4-16-7-5-12(6-8-16)9-15-13(17)10(2)11(3)14(18)19/h10-12H,4-9H2,1-3H3,(H,15,17)(H,18,19). The number of piperidine rings is 1. The van der Waals surface area contributed by atoms with Gasteiger partial charge >= 0.3 is 5.97 Å². The first-order chi connectivity index (χ1) is 8.95. The molecule has 0 aliphatic carbocycles. The van der Waals surface area contributed by atoms with Crippen LogP contribution in [0.15, 0.2) is 0 Å². The van der Waals surface area contributed by atoms with Crippen LogP contribution in [0.2, 0.25) is 0 Å². The van der Waals surface area contributed by atoms with Crippen molar-refractivity contribution < 1.29 is 14.7 Å². The Kier molecular flexibility index (Phi) is 6.28. The molecule has 0 aromatic carbocycles. The largest absolute Gasteiger partial charge is 0.481 e. The zero-order valence-electron chi connectivity index (χ0n) is 12.2. The van der Waals surface area contributed by atoms with Gasteiger partial charge in [0, 0.05) is 12.5 Å². The molecule has 0 aromatic rings. The highest BCUT2D eigenvalue weighted by atomic mass is 16.4. The number of nitrogens with one attached hydrogen (secondary N) is 1. The second-order valence-electron chi connectivity index (χ2n) is 5.54. The predicted molar refractivity (Wildman–Crippen MR) is 73.8 cm³/mol. The molecule has 19 heavy (non-hydrogen) atoms. The van der Waals surface area contributed by atoms with Crippen molar-refractivity contribution in [3.05, 3.63) is 0 Å². The van der Waals surface area contributed by atoms with Gasteiger partial charge in [-0.3, -0.25) is 9.59 Å². The summed E-state index contributed by atoms with van der Waals surface area (Å²) in [6.07, 6.45) is 2.22. The third kappa shape index (κ3) is 4.82. The number of hydrogen-bond acceptors (Lipinski definition) is 3. The molecule has 1 heterocycles. The lowest BCUT2D eigenvalue weighted by molar-refractivity contribution is -0.146.